The van der Waals surface area contributed by atoms with Gasteiger partial charge in [0.05, 0.1) is 0 Å². The summed E-state index contributed by atoms with van der Waals surface area (Å²) in [5.74, 6) is 0.734. The van der Waals surface area contributed by atoms with Gasteiger partial charge in [0.2, 0.25) is 0 Å². The van der Waals surface area contributed by atoms with Crippen LogP contribution in [0.3, 0.4) is 0 Å². The molecule has 0 bridgehead atoms. The average Bonchev–Trinajstić information content (AvgIpc) is 3.00. The van der Waals surface area contributed by atoms with Gasteiger partial charge < -0.3 is 14.4 Å². The number of aryl methyl sites for hydroxylation is 1. The molecule has 3 heterocycles. The smallest absolute Gasteiger partial charge is 0.264 e. The Hall–Kier alpha value is -3.07. The third-order valence-electron chi connectivity index (χ3n) is 5.25. The number of pyridine rings is 1. The molecule has 1 aliphatic heterocycles. The topological polar surface area (TPSA) is 65.2 Å². The minimum atomic E-state index is -0.191. The number of anilines is 1. The summed E-state index contributed by atoms with van der Waals surface area (Å²) in [6.45, 7) is 9.79. The molecule has 2 aromatic rings. The van der Waals surface area contributed by atoms with Crippen LogP contribution in [0, 0.1) is 25.2 Å². The largest absolute Gasteiger partial charge is 0.353 e. The molecule has 0 radical (unpaired) electrons. The van der Waals surface area contributed by atoms with Crippen LogP contribution in [0.1, 0.15) is 30.3 Å². The molecule has 0 spiro atoms. The number of rotatable bonds is 5. The molecule has 1 fully saturated rings. The monoisotopic (exact) mass is 377 g/mol. The van der Waals surface area contributed by atoms with E-state index in [0.29, 0.717) is 26.2 Å². The van der Waals surface area contributed by atoms with Crippen LogP contribution in [0.25, 0.3) is 6.08 Å². The summed E-state index contributed by atoms with van der Waals surface area (Å²) in [4.78, 5) is 21.2. The zero-order chi connectivity index (χ0) is 20.1. The van der Waals surface area contributed by atoms with Gasteiger partial charge in [-0.05, 0) is 50.1 Å². The summed E-state index contributed by atoms with van der Waals surface area (Å²) < 4.78 is 2.23. The zero-order valence-electron chi connectivity index (χ0n) is 16.9. The summed E-state index contributed by atoms with van der Waals surface area (Å²) in [6.07, 6.45) is 4.56. The highest BCUT2D eigenvalue weighted by Crippen LogP contribution is 2.20. The van der Waals surface area contributed by atoms with Crippen LogP contribution in [-0.4, -0.2) is 46.5 Å². The van der Waals surface area contributed by atoms with Gasteiger partial charge >= 0.3 is 0 Å². The number of piperazine rings is 1. The van der Waals surface area contributed by atoms with Crippen LogP contribution >= 0.6 is 0 Å². The lowest BCUT2D eigenvalue weighted by molar-refractivity contribution is -0.126. The van der Waals surface area contributed by atoms with Gasteiger partial charge in [-0.2, -0.15) is 5.26 Å². The fraction of sp³-hybridized carbons (Fsp3) is 0.409. The van der Waals surface area contributed by atoms with E-state index in [2.05, 4.69) is 40.4 Å². The number of carbonyl (C=O) groups is 1. The fourth-order valence-corrected chi connectivity index (χ4v) is 3.69. The molecule has 0 aromatic carbocycles. The third kappa shape index (κ3) is 4.09. The van der Waals surface area contributed by atoms with Crippen molar-refractivity contribution < 1.29 is 4.79 Å². The first kappa shape index (κ1) is 19.7. The molecule has 0 atom stereocenters. The summed E-state index contributed by atoms with van der Waals surface area (Å²) in [5, 5.41) is 9.60. The van der Waals surface area contributed by atoms with Crippen LogP contribution in [0.2, 0.25) is 0 Å². The molecule has 0 N–H and O–H groups in total. The Morgan fingerprint density at radius 1 is 1.25 bits per heavy atom. The van der Waals surface area contributed by atoms with Crippen LogP contribution < -0.4 is 4.90 Å². The highest BCUT2D eigenvalue weighted by molar-refractivity contribution is 6.02. The van der Waals surface area contributed by atoms with Crippen molar-refractivity contribution in [1.82, 2.24) is 14.5 Å². The van der Waals surface area contributed by atoms with Crippen molar-refractivity contribution >= 4 is 17.8 Å². The van der Waals surface area contributed by atoms with E-state index in [1.54, 1.807) is 17.2 Å². The van der Waals surface area contributed by atoms with E-state index in [4.69, 9.17) is 0 Å². The van der Waals surface area contributed by atoms with E-state index in [0.717, 1.165) is 35.7 Å². The van der Waals surface area contributed by atoms with Crippen molar-refractivity contribution in [3.63, 3.8) is 0 Å². The number of nitrogens with zero attached hydrogens (tertiary/aromatic N) is 5. The van der Waals surface area contributed by atoms with Gasteiger partial charge in [-0.15, -0.1) is 0 Å². The molecule has 0 unspecified atom stereocenters. The molecule has 6 nitrogen and oxygen atoms in total. The normalized spacial score (nSPS) is 14.9. The maximum Gasteiger partial charge on any atom is 0.264 e. The lowest BCUT2D eigenvalue weighted by Gasteiger charge is -2.35. The van der Waals surface area contributed by atoms with Gasteiger partial charge in [0.15, 0.2) is 0 Å². The number of carbonyl (C=O) groups excluding carboxylic acids is 1. The number of aromatic nitrogens is 2. The lowest BCUT2D eigenvalue weighted by Crippen LogP contribution is -2.49. The van der Waals surface area contributed by atoms with Crippen molar-refractivity contribution in [1.29, 1.82) is 5.26 Å². The van der Waals surface area contributed by atoms with Gasteiger partial charge in [-0.25, -0.2) is 4.98 Å². The second-order valence-corrected chi connectivity index (χ2v) is 7.12. The van der Waals surface area contributed by atoms with E-state index in [-0.39, 0.29) is 11.5 Å². The van der Waals surface area contributed by atoms with E-state index >= 15 is 0 Å². The maximum atomic E-state index is 12.9. The van der Waals surface area contributed by atoms with Crippen LogP contribution in [0.15, 0.2) is 36.0 Å². The quantitative estimate of drug-likeness (QED) is 0.593. The molecular weight excluding hydrogens is 350 g/mol. The van der Waals surface area contributed by atoms with E-state index in [1.807, 2.05) is 25.1 Å². The number of hydrogen-bond acceptors (Lipinski definition) is 4. The van der Waals surface area contributed by atoms with Crippen molar-refractivity contribution in [2.75, 3.05) is 31.1 Å². The molecule has 0 aliphatic carbocycles. The Kier molecular flexibility index (Phi) is 6.15. The molecular formula is C22H27N5O. The van der Waals surface area contributed by atoms with Gasteiger partial charge in [0.25, 0.3) is 5.91 Å². The van der Waals surface area contributed by atoms with E-state index in [9.17, 15) is 10.1 Å². The van der Waals surface area contributed by atoms with Crippen LogP contribution in [0.4, 0.5) is 5.82 Å². The maximum absolute atomic E-state index is 12.9. The standard InChI is InChI=1S/C22H27N5O/c1-4-9-27-17(2)14-19(18(27)3)15-20(16-23)22(28)26-12-10-25(11-13-26)21-7-5-6-8-24-21/h5-8,14-15H,4,9-13H2,1-3H3. The van der Waals surface area contributed by atoms with Crippen molar-refractivity contribution in [2.24, 2.45) is 0 Å². The highest BCUT2D eigenvalue weighted by Gasteiger charge is 2.24. The predicted octanol–water partition coefficient (Wildman–Crippen LogP) is 3.17. The Labute approximate surface area is 166 Å². The second kappa shape index (κ2) is 8.75. The lowest BCUT2D eigenvalue weighted by atomic mass is 10.1. The fourth-order valence-electron chi connectivity index (χ4n) is 3.69. The van der Waals surface area contributed by atoms with Crippen molar-refractivity contribution in [2.45, 2.75) is 33.7 Å². The molecule has 1 amide bonds. The summed E-state index contributed by atoms with van der Waals surface area (Å²) in [5.41, 5.74) is 3.39. The molecule has 28 heavy (non-hydrogen) atoms. The molecule has 1 saturated heterocycles. The minimum absolute atomic E-state index is 0.191. The Balaban J connectivity index is 1.72. The first-order valence-electron chi connectivity index (χ1n) is 9.79. The Morgan fingerprint density at radius 3 is 2.61 bits per heavy atom. The molecule has 0 saturated carbocycles. The summed E-state index contributed by atoms with van der Waals surface area (Å²) in [6, 6.07) is 10.00. The predicted molar refractivity (Wildman–Crippen MR) is 111 cm³/mol. The Morgan fingerprint density at radius 2 is 2.00 bits per heavy atom. The van der Waals surface area contributed by atoms with Crippen molar-refractivity contribution in [3.8, 4) is 6.07 Å². The third-order valence-corrected chi connectivity index (χ3v) is 5.25. The SMILES string of the molecule is CCCn1c(C)cc(C=C(C#N)C(=O)N2CCN(c3ccccn3)CC2)c1C. The van der Waals surface area contributed by atoms with Gasteiger partial charge in [-0.1, -0.05) is 13.0 Å². The van der Waals surface area contributed by atoms with Gasteiger partial charge in [-0.3, -0.25) is 4.79 Å². The summed E-state index contributed by atoms with van der Waals surface area (Å²) >= 11 is 0. The van der Waals surface area contributed by atoms with Crippen LogP contribution in [0.5, 0.6) is 0 Å². The number of hydrogen-bond donors (Lipinski definition) is 0. The minimum Gasteiger partial charge on any atom is -0.353 e. The highest BCUT2D eigenvalue weighted by atomic mass is 16.2. The van der Waals surface area contributed by atoms with E-state index in [1.165, 1.54) is 0 Å². The molecule has 3 rings (SSSR count). The second-order valence-electron chi connectivity index (χ2n) is 7.12. The van der Waals surface area contributed by atoms with Crippen molar-refractivity contribution in [3.05, 3.63) is 53.0 Å². The van der Waals surface area contributed by atoms with E-state index < -0.39 is 0 Å². The molecule has 146 valence electrons. The molecule has 1 aliphatic rings. The number of amides is 1. The Bertz CT molecular complexity index is 899. The zero-order valence-corrected chi connectivity index (χ0v) is 16.9. The first-order chi connectivity index (χ1) is 13.5. The molecule has 2 aromatic heterocycles. The molecule has 6 heteroatoms. The summed E-state index contributed by atoms with van der Waals surface area (Å²) in [7, 11) is 0. The number of nitriles is 1. The van der Waals surface area contributed by atoms with Gasteiger partial charge in [0, 0.05) is 50.3 Å². The first-order valence-corrected chi connectivity index (χ1v) is 9.79. The van der Waals surface area contributed by atoms with Gasteiger partial charge in [0.1, 0.15) is 17.5 Å². The average molecular weight is 377 g/mol. The van der Waals surface area contributed by atoms with Crippen LogP contribution in [-0.2, 0) is 11.3 Å².